The molecule has 110 valence electrons. The van der Waals surface area contributed by atoms with Crippen LogP contribution in [0.25, 0.3) is 0 Å². The topological polar surface area (TPSA) is 25.8 Å². The monoisotopic (exact) mass is 312 g/mol. The van der Waals surface area contributed by atoms with Gasteiger partial charge in [-0.2, -0.15) is 0 Å². The number of hydrogen-bond donors (Lipinski definition) is 0. The van der Waals surface area contributed by atoms with E-state index in [2.05, 4.69) is 35.9 Å². The minimum absolute atomic E-state index is 0. The lowest BCUT2D eigenvalue weighted by atomic mass is 10.1. The van der Waals surface area contributed by atoms with Gasteiger partial charge < -0.3 is 0 Å². The molecular weight excluding hydrogens is 291 g/mol. The number of aryl methyl sites for hydroxylation is 4. The van der Waals surface area contributed by atoms with Gasteiger partial charge in [0.1, 0.15) is 0 Å². The maximum Gasteiger partial charge on any atom is 0.0406 e. The van der Waals surface area contributed by atoms with E-state index in [0.29, 0.717) is 0 Å². The van der Waals surface area contributed by atoms with E-state index in [-0.39, 0.29) is 24.8 Å². The number of nitrogens with zero attached hydrogens (tertiary/aromatic N) is 2. The van der Waals surface area contributed by atoms with Crippen LogP contribution in [-0.2, 0) is 12.8 Å². The highest BCUT2D eigenvalue weighted by atomic mass is 35.5. The van der Waals surface area contributed by atoms with Crippen molar-refractivity contribution in [3.63, 3.8) is 0 Å². The summed E-state index contributed by atoms with van der Waals surface area (Å²) < 4.78 is 0. The van der Waals surface area contributed by atoms with E-state index >= 15 is 0 Å². The van der Waals surface area contributed by atoms with Crippen molar-refractivity contribution >= 4 is 24.8 Å². The fraction of sp³-hybridized carbons (Fsp3) is 0.375. The lowest BCUT2D eigenvalue weighted by Gasteiger charge is -2.03. The Balaban J connectivity index is 0.00000180. The zero-order valence-electron chi connectivity index (χ0n) is 12.0. The molecule has 0 fully saturated rings. The second-order valence-electron chi connectivity index (χ2n) is 4.86. The Bertz CT molecular complexity index is 468. The SMILES string of the molecule is Cc1ccnc(CCCCc2cc(C)ccn2)c1.Cl.Cl. The van der Waals surface area contributed by atoms with Gasteiger partial charge in [-0.15, -0.1) is 24.8 Å². The summed E-state index contributed by atoms with van der Waals surface area (Å²) in [5.74, 6) is 0. The lowest BCUT2D eigenvalue weighted by Crippen LogP contribution is -1.94. The standard InChI is InChI=1S/C16H20N2.2ClH/c1-13-7-9-17-15(11-13)5-3-4-6-16-12-14(2)8-10-18-16;;/h7-12H,3-6H2,1-2H3;2*1H. The summed E-state index contributed by atoms with van der Waals surface area (Å²) in [6, 6.07) is 8.43. The lowest BCUT2D eigenvalue weighted by molar-refractivity contribution is 0.711. The Labute approximate surface area is 133 Å². The van der Waals surface area contributed by atoms with Gasteiger partial charge in [-0.05, 0) is 74.9 Å². The van der Waals surface area contributed by atoms with E-state index in [1.165, 1.54) is 35.4 Å². The van der Waals surface area contributed by atoms with Crippen LogP contribution in [0.3, 0.4) is 0 Å². The van der Waals surface area contributed by atoms with Gasteiger partial charge in [0.25, 0.3) is 0 Å². The summed E-state index contributed by atoms with van der Waals surface area (Å²) in [6.45, 7) is 4.23. The largest absolute Gasteiger partial charge is 0.261 e. The molecule has 0 aliphatic carbocycles. The molecule has 0 aliphatic rings. The van der Waals surface area contributed by atoms with Gasteiger partial charge in [-0.1, -0.05) is 0 Å². The molecule has 0 radical (unpaired) electrons. The van der Waals surface area contributed by atoms with Crippen LogP contribution in [0.4, 0.5) is 0 Å². The number of aromatic nitrogens is 2. The van der Waals surface area contributed by atoms with Crippen LogP contribution in [0, 0.1) is 13.8 Å². The number of unbranched alkanes of at least 4 members (excludes halogenated alkanes) is 1. The zero-order valence-corrected chi connectivity index (χ0v) is 13.6. The predicted octanol–water partition coefficient (Wildman–Crippen LogP) is 4.50. The summed E-state index contributed by atoms with van der Waals surface area (Å²) >= 11 is 0. The molecule has 0 amide bonds. The molecule has 0 bridgehead atoms. The zero-order chi connectivity index (χ0) is 12.8. The first-order valence-electron chi connectivity index (χ1n) is 6.57. The molecule has 0 N–H and O–H groups in total. The third-order valence-electron chi connectivity index (χ3n) is 3.06. The third-order valence-corrected chi connectivity index (χ3v) is 3.06. The fourth-order valence-corrected chi connectivity index (χ4v) is 2.08. The van der Waals surface area contributed by atoms with E-state index in [9.17, 15) is 0 Å². The van der Waals surface area contributed by atoms with E-state index < -0.39 is 0 Å². The van der Waals surface area contributed by atoms with E-state index in [4.69, 9.17) is 0 Å². The minimum atomic E-state index is 0. The average Bonchev–Trinajstić information content (AvgIpc) is 2.35. The quantitative estimate of drug-likeness (QED) is 0.759. The maximum atomic E-state index is 4.38. The van der Waals surface area contributed by atoms with Crippen molar-refractivity contribution in [1.29, 1.82) is 0 Å². The van der Waals surface area contributed by atoms with Gasteiger partial charge in [0.15, 0.2) is 0 Å². The van der Waals surface area contributed by atoms with Gasteiger partial charge in [0.2, 0.25) is 0 Å². The molecule has 0 spiro atoms. The molecule has 0 saturated heterocycles. The molecule has 0 unspecified atom stereocenters. The number of halogens is 2. The van der Waals surface area contributed by atoms with Gasteiger partial charge in [0.05, 0.1) is 0 Å². The second-order valence-corrected chi connectivity index (χ2v) is 4.86. The van der Waals surface area contributed by atoms with Crippen LogP contribution in [0.5, 0.6) is 0 Å². The molecule has 0 saturated carbocycles. The van der Waals surface area contributed by atoms with Crippen molar-refractivity contribution in [2.45, 2.75) is 39.5 Å². The van der Waals surface area contributed by atoms with Gasteiger partial charge in [-0.25, -0.2) is 0 Å². The van der Waals surface area contributed by atoms with Crippen LogP contribution in [0.15, 0.2) is 36.7 Å². The minimum Gasteiger partial charge on any atom is -0.261 e. The Kier molecular flexibility index (Phi) is 9.19. The smallest absolute Gasteiger partial charge is 0.0406 e. The van der Waals surface area contributed by atoms with Crippen molar-refractivity contribution in [2.75, 3.05) is 0 Å². The van der Waals surface area contributed by atoms with Gasteiger partial charge in [-0.3, -0.25) is 9.97 Å². The molecule has 2 aromatic heterocycles. The second kappa shape index (κ2) is 9.73. The van der Waals surface area contributed by atoms with E-state index in [1.807, 2.05) is 24.5 Å². The van der Waals surface area contributed by atoms with Crippen molar-refractivity contribution in [3.05, 3.63) is 59.2 Å². The van der Waals surface area contributed by atoms with Crippen molar-refractivity contribution in [3.8, 4) is 0 Å². The highest BCUT2D eigenvalue weighted by molar-refractivity contribution is 5.85. The van der Waals surface area contributed by atoms with Gasteiger partial charge >= 0.3 is 0 Å². The number of pyridine rings is 2. The van der Waals surface area contributed by atoms with Gasteiger partial charge in [0, 0.05) is 23.8 Å². The molecule has 0 aliphatic heterocycles. The molecular formula is C16H22Cl2N2. The first-order valence-corrected chi connectivity index (χ1v) is 6.57. The van der Waals surface area contributed by atoms with Crippen LogP contribution in [0.2, 0.25) is 0 Å². The molecule has 0 atom stereocenters. The van der Waals surface area contributed by atoms with E-state index in [1.54, 1.807) is 0 Å². The predicted molar refractivity (Wildman–Crippen MR) is 89.1 cm³/mol. The maximum absolute atomic E-state index is 4.38. The van der Waals surface area contributed by atoms with Crippen molar-refractivity contribution < 1.29 is 0 Å². The summed E-state index contributed by atoms with van der Waals surface area (Å²) in [5.41, 5.74) is 4.99. The summed E-state index contributed by atoms with van der Waals surface area (Å²) in [5, 5.41) is 0. The highest BCUT2D eigenvalue weighted by Crippen LogP contribution is 2.08. The molecule has 2 aromatic rings. The summed E-state index contributed by atoms with van der Waals surface area (Å²) in [4.78, 5) is 8.77. The van der Waals surface area contributed by atoms with E-state index in [0.717, 1.165) is 12.8 Å². The Morgan fingerprint density at radius 2 is 1.15 bits per heavy atom. The third kappa shape index (κ3) is 6.36. The number of hydrogen-bond acceptors (Lipinski definition) is 2. The van der Waals surface area contributed by atoms with Crippen molar-refractivity contribution in [2.24, 2.45) is 0 Å². The molecule has 4 heteroatoms. The highest BCUT2D eigenvalue weighted by Gasteiger charge is 1.98. The average molecular weight is 313 g/mol. The van der Waals surface area contributed by atoms with Crippen LogP contribution in [-0.4, -0.2) is 9.97 Å². The fourth-order valence-electron chi connectivity index (χ4n) is 2.08. The molecule has 0 aromatic carbocycles. The first-order chi connectivity index (χ1) is 8.74. The molecule has 2 heterocycles. The number of rotatable bonds is 5. The normalized spacial score (nSPS) is 9.50. The Hall–Kier alpha value is -1.12. The Morgan fingerprint density at radius 3 is 1.50 bits per heavy atom. The van der Waals surface area contributed by atoms with Crippen molar-refractivity contribution in [1.82, 2.24) is 9.97 Å². The molecule has 2 nitrogen and oxygen atoms in total. The molecule has 20 heavy (non-hydrogen) atoms. The Morgan fingerprint density at radius 1 is 0.750 bits per heavy atom. The van der Waals surface area contributed by atoms with Crippen LogP contribution in [0.1, 0.15) is 35.4 Å². The summed E-state index contributed by atoms with van der Waals surface area (Å²) in [6.07, 6.45) is 8.26. The molecule has 2 rings (SSSR count). The van der Waals surface area contributed by atoms with Crippen LogP contribution >= 0.6 is 24.8 Å². The first kappa shape index (κ1) is 18.9. The van der Waals surface area contributed by atoms with Crippen LogP contribution < -0.4 is 0 Å². The summed E-state index contributed by atoms with van der Waals surface area (Å²) in [7, 11) is 0.